The number of nitrogens with two attached hydrogens (primary N) is 1. The Hall–Kier alpha value is -0.530. The summed E-state index contributed by atoms with van der Waals surface area (Å²) in [6, 6.07) is 0.511. The van der Waals surface area contributed by atoms with Crippen LogP contribution in [0.25, 0.3) is 0 Å². The molecule has 1 saturated carbocycles. The minimum Gasteiger partial charge on any atom is -0.469 e. The quantitative estimate of drug-likeness (QED) is 0.228. The van der Waals surface area contributed by atoms with Gasteiger partial charge in [-0.15, -0.1) is 24.0 Å². The Morgan fingerprint density at radius 3 is 2.60 bits per heavy atom. The van der Waals surface area contributed by atoms with Crippen LogP contribution in [0.2, 0.25) is 0 Å². The fourth-order valence-electron chi connectivity index (χ4n) is 2.36. The second kappa shape index (κ2) is 12.2. The highest BCUT2D eigenvalue weighted by Gasteiger charge is 2.12. The van der Waals surface area contributed by atoms with Crippen molar-refractivity contribution in [3.8, 4) is 0 Å². The molecule has 1 aliphatic carbocycles. The van der Waals surface area contributed by atoms with Gasteiger partial charge in [0.25, 0.3) is 0 Å². The minimum absolute atomic E-state index is 0. The van der Waals surface area contributed by atoms with Crippen molar-refractivity contribution in [3.63, 3.8) is 0 Å². The molecule has 0 atom stereocenters. The molecule has 3 N–H and O–H groups in total. The molecule has 1 fully saturated rings. The fraction of sp³-hybridized carbons (Fsp3) is 0.857. The fourth-order valence-corrected chi connectivity index (χ4v) is 2.36. The van der Waals surface area contributed by atoms with Crippen molar-refractivity contribution in [2.24, 2.45) is 10.7 Å². The summed E-state index contributed by atoms with van der Waals surface area (Å²) in [5, 5.41) is 3.29. The molecular formula is C14H28IN3O2. The molecule has 118 valence electrons. The SMILES string of the molecule is COC(=O)CCCCCN=C(N)NC1CCCCC1.I. The van der Waals surface area contributed by atoms with Crippen molar-refractivity contribution in [1.29, 1.82) is 0 Å². The zero-order valence-electron chi connectivity index (χ0n) is 12.4. The molecule has 0 heterocycles. The number of nitrogens with one attached hydrogen (secondary N) is 1. The van der Waals surface area contributed by atoms with Crippen LogP contribution in [0.15, 0.2) is 4.99 Å². The van der Waals surface area contributed by atoms with Gasteiger partial charge in [0.1, 0.15) is 0 Å². The number of unbranched alkanes of at least 4 members (excludes halogenated alkanes) is 2. The number of esters is 1. The van der Waals surface area contributed by atoms with Crippen LogP contribution in [-0.2, 0) is 9.53 Å². The standard InChI is InChI=1S/C14H27N3O2.HI/c1-19-13(18)10-6-3-7-11-16-14(15)17-12-8-4-2-5-9-12;/h12H,2-11H2,1H3,(H3,15,16,17);1H. The lowest BCUT2D eigenvalue weighted by Gasteiger charge is -2.23. The maximum absolute atomic E-state index is 10.9. The van der Waals surface area contributed by atoms with Gasteiger partial charge in [0, 0.05) is 19.0 Å². The van der Waals surface area contributed by atoms with E-state index >= 15 is 0 Å². The molecule has 20 heavy (non-hydrogen) atoms. The molecule has 0 bridgehead atoms. The Bertz CT molecular complexity index is 292. The molecule has 0 aromatic rings. The molecule has 0 unspecified atom stereocenters. The summed E-state index contributed by atoms with van der Waals surface area (Å²) < 4.78 is 4.58. The lowest BCUT2D eigenvalue weighted by atomic mass is 9.96. The zero-order chi connectivity index (χ0) is 13.9. The van der Waals surface area contributed by atoms with Gasteiger partial charge in [0.15, 0.2) is 5.96 Å². The topological polar surface area (TPSA) is 76.7 Å². The molecule has 6 heteroatoms. The van der Waals surface area contributed by atoms with E-state index in [1.807, 2.05) is 0 Å². The summed E-state index contributed by atoms with van der Waals surface area (Å²) in [6.07, 6.45) is 9.63. The van der Waals surface area contributed by atoms with Crippen LogP contribution in [0.5, 0.6) is 0 Å². The van der Waals surface area contributed by atoms with Crippen molar-refractivity contribution in [3.05, 3.63) is 0 Å². The monoisotopic (exact) mass is 397 g/mol. The van der Waals surface area contributed by atoms with E-state index in [2.05, 4.69) is 15.0 Å². The average molecular weight is 397 g/mol. The van der Waals surface area contributed by atoms with Crippen molar-refractivity contribution in [1.82, 2.24) is 5.32 Å². The molecule has 1 aliphatic rings. The van der Waals surface area contributed by atoms with Crippen LogP contribution < -0.4 is 11.1 Å². The number of methoxy groups -OCH3 is 1. The van der Waals surface area contributed by atoms with Gasteiger partial charge in [-0.1, -0.05) is 25.7 Å². The number of guanidine groups is 1. The molecule has 5 nitrogen and oxygen atoms in total. The number of nitrogens with zero attached hydrogens (tertiary/aromatic N) is 1. The maximum Gasteiger partial charge on any atom is 0.305 e. The van der Waals surface area contributed by atoms with Crippen LogP contribution in [0.1, 0.15) is 57.8 Å². The van der Waals surface area contributed by atoms with Crippen molar-refractivity contribution >= 4 is 35.9 Å². The molecule has 1 rings (SSSR count). The predicted molar refractivity (Wildman–Crippen MR) is 92.4 cm³/mol. The number of carbonyl (C=O) groups excluding carboxylic acids is 1. The van der Waals surface area contributed by atoms with E-state index in [1.165, 1.54) is 39.2 Å². The Labute approximate surface area is 139 Å². The molecule has 0 aromatic heterocycles. The van der Waals surface area contributed by atoms with E-state index in [0.717, 1.165) is 25.8 Å². The molecule has 0 spiro atoms. The third kappa shape index (κ3) is 9.39. The first-order valence-electron chi connectivity index (χ1n) is 7.35. The van der Waals surface area contributed by atoms with Gasteiger partial charge in [0.05, 0.1) is 7.11 Å². The lowest BCUT2D eigenvalue weighted by Crippen LogP contribution is -2.41. The van der Waals surface area contributed by atoms with Crippen molar-refractivity contribution in [2.75, 3.05) is 13.7 Å². The number of halogens is 1. The number of hydrogen-bond acceptors (Lipinski definition) is 3. The third-order valence-electron chi connectivity index (χ3n) is 3.51. The van der Waals surface area contributed by atoms with Gasteiger partial charge < -0.3 is 15.8 Å². The normalized spacial score (nSPS) is 16.4. The molecule has 0 amide bonds. The van der Waals surface area contributed by atoms with Crippen LogP contribution in [-0.4, -0.2) is 31.6 Å². The third-order valence-corrected chi connectivity index (χ3v) is 3.51. The number of rotatable bonds is 7. The van der Waals surface area contributed by atoms with Gasteiger partial charge in [-0.25, -0.2) is 0 Å². The second-order valence-corrected chi connectivity index (χ2v) is 5.13. The Balaban J connectivity index is 0.00000361. The molecule has 0 aromatic carbocycles. The van der Waals surface area contributed by atoms with E-state index in [9.17, 15) is 4.79 Å². The summed E-state index contributed by atoms with van der Waals surface area (Å²) in [6.45, 7) is 0.729. The van der Waals surface area contributed by atoms with Gasteiger partial charge in [-0.2, -0.15) is 0 Å². The van der Waals surface area contributed by atoms with E-state index < -0.39 is 0 Å². The van der Waals surface area contributed by atoms with Gasteiger partial charge in [0.2, 0.25) is 0 Å². The van der Waals surface area contributed by atoms with Crippen molar-refractivity contribution < 1.29 is 9.53 Å². The number of ether oxygens (including phenoxy) is 1. The molecule has 0 saturated heterocycles. The maximum atomic E-state index is 10.9. The highest BCUT2D eigenvalue weighted by atomic mass is 127. The summed E-state index contributed by atoms with van der Waals surface area (Å²) in [5.41, 5.74) is 5.85. The van der Waals surface area contributed by atoms with Crippen LogP contribution in [0, 0.1) is 0 Å². The summed E-state index contributed by atoms with van der Waals surface area (Å²) in [4.78, 5) is 15.2. The number of carbonyl (C=O) groups is 1. The summed E-state index contributed by atoms with van der Waals surface area (Å²) in [5.74, 6) is 0.432. The van der Waals surface area contributed by atoms with Crippen LogP contribution in [0.3, 0.4) is 0 Å². The first-order chi connectivity index (χ1) is 9.22. The van der Waals surface area contributed by atoms with E-state index in [4.69, 9.17) is 5.73 Å². The highest BCUT2D eigenvalue weighted by molar-refractivity contribution is 14.0. The first-order valence-corrected chi connectivity index (χ1v) is 7.35. The van der Waals surface area contributed by atoms with E-state index in [0.29, 0.717) is 18.4 Å². The van der Waals surface area contributed by atoms with Crippen LogP contribution in [0.4, 0.5) is 0 Å². The van der Waals surface area contributed by atoms with Crippen LogP contribution >= 0.6 is 24.0 Å². The van der Waals surface area contributed by atoms with Gasteiger partial charge in [-0.3, -0.25) is 9.79 Å². The zero-order valence-corrected chi connectivity index (χ0v) is 14.7. The highest BCUT2D eigenvalue weighted by Crippen LogP contribution is 2.16. The summed E-state index contributed by atoms with van der Waals surface area (Å²) in [7, 11) is 1.42. The van der Waals surface area contributed by atoms with E-state index in [1.54, 1.807) is 0 Å². The first kappa shape index (κ1) is 19.5. The van der Waals surface area contributed by atoms with Gasteiger partial charge >= 0.3 is 5.97 Å². The minimum atomic E-state index is -0.137. The summed E-state index contributed by atoms with van der Waals surface area (Å²) >= 11 is 0. The Morgan fingerprint density at radius 2 is 1.95 bits per heavy atom. The van der Waals surface area contributed by atoms with Crippen molar-refractivity contribution in [2.45, 2.75) is 63.8 Å². The molecule has 0 radical (unpaired) electrons. The lowest BCUT2D eigenvalue weighted by molar-refractivity contribution is -0.140. The largest absolute Gasteiger partial charge is 0.469 e. The number of aliphatic imine (C=N–C) groups is 1. The van der Waals surface area contributed by atoms with E-state index in [-0.39, 0.29) is 29.9 Å². The number of hydrogen-bond donors (Lipinski definition) is 2. The Kier molecular flexibility index (Phi) is 11.9. The molecule has 0 aliphatic heterocycles. The molecular weight excluding hydrogens is 369 g/mol. The average Bonchev–Trinajstić information content (AvgIpc) is 2.43. The predicted octanol–water partition coefficient (Wildman–Crippen LogP) is 2.57. The Morgan fingerprint density at radius 1 is 1.25 bits per heavy atom. The van der Waals surface area contributed by atoms with Gasteiger partial charge in [-0.05, 0) is 25.7 Å². The second-order valence-electron chi connectivity index (χ2n) is 5.13. The smallest absolute Gasteiger partial charge is 0.305 e.